The normalized spacial score (nSPS) is 16.3. The molecule has 3 heteroatoms. The Labute approximate surface area is 95.3 Å². The van der Waals surface area contributed by atoms with Crippen LogP contribution in [-0.2, 0) is 0 Å². The van der Waals surface area contributed by atoms with Gasteiger partial charge in [-0.3, -0.25) is 4.79 Å². The maximum Gasteiger partial charge on any atom is 0.269 e. The Balaban J connectivity index is 2.59. The molecule has 0 aliphatic heterocycles. The van der Waals surface area contributed by atoms with Gasteiger partial charge in [0.2, 0.25) is 0 Å². The molecule has 0 spiro atoms. The molecule has 1 aromatic rings. The summed E-state index contributed by atoms with van der Waals surface area (Å²) >= 11 is 0. The smallest absolute Gasteiger partial charge is 0.269 e. The zero-order valence-corrected chi connectivity index (χ0v) is 9.79. The lowest BCUT2D eigenvalue weighted by Gasteiger charge is -2.16. The molecule has 0 amide bonds. The number of hydrogen-bond acceptors (Lipinski definition) is 2. The zero-order chi connectivity index (χ0) is 11.7. The van der Waals surface area contributed by atoms with E-state index >= 15 is 0 Å². The lowest BCUT2D eigenvalue weighted by molar-refractivity contribution is 0.499. The van der Waals surface area contributed by atoms with Crippen molar-refractivity contribution in [2.45, 2.75) is 45.6 Å². The van der Waals surface area contributed by atoms with Gasteiger partial charge < -0.3 is 4.57 Å². The van der Waals surface area contributed by atoms with Crippen molar-refractivity contribution in [3.63, 3.8) is 0 Å². The van der Waals surface area contributed by atoms with Gasteiger partial charge in [0.1, 0.15) is 11.6 Å². The molecule has 0 saturated heterocycles. The van der Waals surface area contributed by atoms with Crippen molar-refractivity contribution >= 4 is 0 Å². The molecule has 0 aromatic carbocycles. The topological polar surface area (TPSA) is 45.8 Å². The van der Waals surface area contributed by atoms with Crippen LogP contribution < -0.4 is 5.56 Å². The van der Waals surface area contributed by atoms with Crippen LogP contribution in [0.3, 0.4) is 0 Å². The summed E-state index contributed by atoms with van der Waals surface area (Å²) in [7, 11) is 0. The predicted molar refractivity (Wildman–Crippen MR) is 62.4 cm³/mol. The van der Waals surface area contributed by atoms with Gasteiger partial charge in [-0.05, 0) is 37.8 Å². The molecule has 1 aromatic heterocycles. The van der Waals surface area contributed by atoms with Gasteiger partial charge in [-0.15, -0.1) is 0 Å². The van der Waals surface area contributed by atoms with E-state index in [0.29, 0.717) is 11.6 Å². The van der Waals surface area contributed by atoms with Crippen molar-refractivity contribution in [2.75, 3.05) is 0 Å². The highest BCUT2D eigenvalue weighted by Crippen LogP contribution is 2.28. The first kappa shape index (κ1) is 10.9. The number of aryl methyl sites for hydroxylation is 1. The first-order valence-electron chi connectivity index (χ1n) is 5.77. The number of nitriles is 1. The third-order valence-electron chi connectivity index (χ3n) is 3.58. The Morgan fingerprint density at radius 1 is 1.38 bits per heavy atom. The molecule has 0 atom stereocenters. The van der Waals surface area contributed by atoms with Gasteiger partial charge in [0.25, 0.3) is 5.56 Å². The molecule has 1 fully saturated rings. The van der Waals surface area contributed by atoms with Crippen LogP contribution in [0.15, 0.2) is 11.0 Å². The monoisotopic (exact) mass is 216 g/mol. The number of aromatic nitrogens is 1. The summed E-state index contributed by atoms with van der Waals surface area (Å²) in [5.41, 5.74) is 2.05. The number of pyridine rings is 1. The Hall–Kier alpha value is -1.56. The maximum atomic E-state index is 12.1. The molecule has 3 nitrogen and oxygen atoms in total. The first-order valence-corrected chi connectivity index (χ1v) is 5.77. The van der Waals surface area contributed by atoms with E-state index in [9.17, 15) is 4.79 Å². The van der Waals surface area contributed by atoms with Crippen molar-refractivity contribution in [1.29, 1.82) is 5.26 Å². The molecule has 0 N–H and O–H groups in total. The lowest BCUT2D eigenvalue weighted by Crippen LogP contribution is -2.26. The molecular weight excluding hydrogens is 200 g/mol. The summed E-state index contributed by atoms with van der Waals surface area (Å²) in [6.45, 7) is 3.80. The van der Waals surface area contributed by atoms with E-state index in [1.807, 2.05) is 26.1 Å². The van der Waals surface area contributed by atoms with Crippen LogP contribution in [0.5, 0.6) is 0 Å². The van der Waals surface area contributed by atoms with E-state index in [2.05, 4.69) is 0 Å². The van der Waals surface area contributed by atoms with Gasteiger partial charge in [-0.1, -0.05) is 12.8 Å². The average molecular weight is 216 g/mol. The average Bonchev–Trinajstić information content (AvgIpc) is 2.77. The van der Waals surface area contributed by atoms with Gasteiger partial charge >= 0.3 is 0 Å². The summed E-state index contributed by atoms with van der Waals surface area (Å²) in [5.74, 6) is 0. The Kier molecular flexibility index (Phi) is 2.82. The fraction of sp³-hybridized carbons (Fsp3) is 0.538. The first-order chi connectivity index (χ1) is 7.65. The second-order valence-corrected chi connectivity index (χ2v) is 4.57. The highest BCUT2D eigenvalue weighted by molar-refractivity contribution is 5.39. The van der Waals surface area contributed by atoms with Crippen LogP contribution in [0, 0.1) is 25.2 Å². The summed E-state index contributed by atoms with van der Waals surface area (Å²) in [6, 6.07) is 2.34. The fourth-order valence-electron chi connectivity index (χ4n) is 2.44. The molecule has 0 bridgehead atoms. The van der Waals surface area contributed by atoms with Crippen LogP contribution in [0.1, 0.15) is 48.4 Å². The minimum atomic E-state index is -0.113. The molecule has 2 rings (SSSR count). The minimum Gasteiger partial charge on any atom is -0.311 e. The maximum absolute atomic E-state index is 12.1. The highest BCUT2D eigenvalue weighted by atomic mass is 16.1. The third kappa shape index (κ3) is 1.65. The van der Waals surface area contributed by atoms with E-state index in [4.69, 9.17) is 5.26 Å². The summed E-state index contributed by atoms with van der Waals surface area (Å²) in [5, 5.41) is 9.03. The minimum absolute atomic E-state index is 0.113. The van der Waals surface area contributed by atoms with E-state index < -0.39 is 0 Å². The van der Waals surface area contributed by atoms with Crippen LogP contribution in [-0.4, -0.2) is 4.57 Å². The van der Waals surface area contributed by atoms with Crippen molar-refractivity contribution < 1.29 is 0 Å². The van der Waals surface area contributed by atoms with Gasteiger partial charge in [0.15, 0.2) is 0 Å². The number of rotatable bonds is 1. The summed E-state index contributed by atoms with van der Waals surface area (Å²) < 4.78 is 1.77. The summed E-state index contributed by atoms with van der Waals surface area (Å²) in [6.07, 6.45) is 6.41. The highest BCUT2D eigenvalue weighted by Gasteiger charge is 2.20. The van der Waals surface area contributed by atoms with Crippen molar-refractivity contribution in [2.24, 2.45) is 0 Å². The number of nitrogens with zero attached hydrogens (tertiary/aromatic N) is 2. The Morgan fingerprint density at radius 3 is 2.56 bits per heavy atom. The predicted octanol–water partition coefficient (Wildman–Crippen LogP) is 2.45. The van der Waals surface area contributed by atoms with Crippen LogP contribution >= 0.6 is 0 Å². The zero-order valence-electron chi connectivity index (χ0n) is 9.79. The van der Waals surface area contributed by atoms with Gasteiger partial charge in [-0.25, -0.2) is 0 Å². The molecule has 16 heavy (non-hydrogen) atoms. The number of hydrogen-bond donors (Lipinski definition) is 0. The molecular formula is C13H16N2O. The fourth-order valence-corrected chi connectivity index (χ4v) is 2.44. The Bertz CT molecular complexity index is 502. The standard InChI is InChI=1S/C13H16N2O/c1-9-8-15(11-5-3-4-6-11)13(16)12(7-14)10(9)2/h8,11H,3-6H2,1-2H3. The van der Waals surface area contributed by atoms with Crippen LogP contribution in [0.25, 0.3) is 0 Å². The molecule has 1 aliphatic carbocycles. The largest absolute Gasteiger partial charge is 0.311 e. The second-order valence-electron chi connectivity index (χ2n) is 4.57. The van der Waals surface area contributed by atoms with Gasteiger partial charge in [0.05, 0.1) is 0 Å². The molecule has 0 radical (unpaired) electrons. The second kappa shape index (κ2) is 4.13. The van der Waals surface area contributed by atoms with Crippen molar-refractivity contribution in [1.82, 2.24) is 4.57 Å². The van der Waals surface area contributed by atoms with Crippen LogP contribution in [0.4, 0.5) is 0 Å². The van der Waals surface area contributed by atoms with Crippen LogP contribution in [0.2, 0.25) is 0 Å². The van der Waals surface area contributed by atoms with E-state index in [1.54, 1.807) is 4.57 Å². The van der Waals surface area contributed by atoms with Crippen molar-refractivity contribution in [3.8, 4) is 6.07 Å². The Morgan fingerprint density at radius 2 is 2.00 bits per heavy atom. The molecule has 84 valence electrons. The molecule has 1 heterocycles. The molecule has 1 aliphatic rings. The molecule has 1 saturated carbocycles. The van der Waals surface area contributed by atoms with E-state index in [-0.39, 0.29) is 5.56 Å². The summed E-state index contributed by atoms with van der Waals surface area (Å²) in [4.78, 5) is 12.1. The third-order valence-corrected chi connectivity index (χ3v) is 3.58. The van der Waals surface area contributed by atoms with Gasteiger partial charge in [0, 0.05) is 12.2 Å². The lowest BCUT2D eigenvalue weighted by atomic mass is 10.1. The van der Waals surface area contributed by atoms with Crippen molar-refractivity contribution in [3.05, 3.63) is 33.2 Å². The van der Waals surface area contributed by atoms with Gasteiger partial charge in [-0.2, -0.15) is 5.26 Å². The molecule has 0 unspecified atom stereocenters. The quantitative estimate of drug-likeness (QED) is 0.723. The SMILES string of the molecule is Cc1cn(C2CCCC2)c(=O)c(C#N)c1C. The van der Waals surface area contributed by atoms with E-state index in [0.717, 1.165) is 24.0 Å². The van der Waals surface area contributed by atoms with E-state index in [1.165, 1.54) is 12.8 Å².